The van der Waals surface area contributed by atoms with Gasteiger partial charge < -0.3 is 26.3 Å². The second kappa shape index (κ2) is 8.89. The molecule has 0 bridgehead atoms. The topological polar surface area (TPSA) is 133 Å². The van der Waals surface area contributed by atoms with E-state index in [4.69, 9.17) is 16.2 Å². The molecule has 29 heavy (non-hydrogen) atoms. The maximum Gasteiger partial charge on any atom is 0.267 e. The van der Waals surface area contributed by atoms with Crippen LogP contribution in [0, 0.1) is 5.82 Å². The molecule has 3 rings (SSSR count). The Labute approximate surface area is 165 Å². The fourth-order valence-corrected chi connectivity index (χ4v) is 2.43. The molecule has 0 radical (unpaired) electrons. The first-order valence-corrected chi connectivity index (χ1v) is 8.63. The molecule has 1 heterocycles. The molecule has 2 aromatic carbocycles. The summed E-state index contributed by atoms with van der Waals surface area (Å²) in [5, 5.41) is 2.75. The molecular weight excluding hydrogens is 377 g/mol. The van der Waals surface area contributed by atoms with Crippen LogP contribution in [0.1, 0.15) is 10.5 Å². The van der Waals surface area contributed by atoms with Crippen LogP contribution < -0.4 is 21.5 Å². The number of nitrogens with two attached hydrogens (primary N) is 2. The molecular formula is C20H18FN5O3. The summed E-state index contributed by atoms with van der Waals surface area (Å²) in [6.45, 7) is 0.0401. The van der Waals surface area contributed by atoms with Crippen LogP contribution in [0.25, 0.3) is 11.3 Å². The minimum atomic E-state index is -0.733. The smallest absolute Gasteiger partial charge is 0.267 e. The first kappa shape index (κ1) is 19.9. The summed E-state index contributed by atoms with van der Waals surface area (Å²) in [5.41, 5.74) is 11.9. The summed E-state index contributed by atoms with van der Waals surface area (Å²) in [7, 11) is 0. The number of hydrogen-bond acceptors (Lipinski definition) is 7. The molecule has 0 aliphatic rings. The number of anilines is 1. The number of nitrogens with zero attached hydrogens (tertiary/aromatic N) is 2. The highest BCUT2D eigenvalue weighted by Gasteiger charge is 2.13. The summed E-state index contributed by atoms with van der Waals surface area (Å²) in [5.74, 6) is 0.00356. The second-order valence-corrected chi connectivity index (χ2v) is 6.03. The summed E-state index contributed by atoms with van der Waals surface area (Å²) in [6, 6.07) is 13.3. The van der Waals surface area contributed by atoms with Gasteiger partial charge in [-0.3, -0.25) is 4.79 Å². The van der Waals surface area contributed by atoms with Crippen LogP contribution in [-0.4, -0.2) is 34.7 Å². The van der Waals surface area contributed by atoms with E-state index in [1.807, 2.05) is 0 Å². The molecule has 1 atom stereocenters. The van der Waals surface area contributed by atoms with E-state index in [9.17, 15) is 14.0 Å². The Morgan fingerprint density at radius 3 is 2.28 bits per heavy atom. The van der Waals surface area contributed by atoms with Crippen molar-refractivity contribution >= 4 is 18.1 Å². The van der Waals surface area contributed by atoms with Crippen LogP contribution in [0.4, 0.5) is 10.3 Å². The number of amides is 1. The number of aromatic nitrogens is 2. The zero-order chi connectivity index (χ0) is 20.8. The number of primary amides is 1. The van der Waals surface area contributed by atoms with Gasteiger partial charge in [0.1, 0.15) is 29.3 Å². The van der Waals surface area contributed by atoms with E-state index >= 15 is 0 Å². The van der Waals surface area contributed by atoms with Gasteiger partial charge in [-0.15, -0.1) is 0 Å². The van der Waals surface area contributed by atoms with Crippen LogP contribution in [0.5, 0.6) is 11.5 Å². The lowest BCUT2D eigenvalue weighted by atomic mass is 10.1. The predicted molar refractivity (Wildman–Crippen MR) is 105 cm³/mol. The Balaban J connectivity index is 1.86. The molecule has 0 spiro atoms. The third-order valence-electron chi connectivity index (χ3n) is 3.91. The number of hydrogen-bond donors (Lipinski definition) is 3. The van der Waals surface area contributed by atoms with Crippen LogP contribution in [0.3, 0.4) is 0 Å². The molecule has 0 aliphatic heterocycles. The number of carbonyl (C=O) groups is 2. The van der Waals surface area contributed by atoms with Crippen molar-refractivity contribution in [2.45, 2.75) is 6.04 Å². The fraction of sp³-hybridized carbons (Fsp3) is 0.100. The standard InChI is InChI=1S/C20H18FN5O3/c21-13-3-7-16(8-4-13)29-15-5-1-12(2-6-15)17-9-18(19(23)28)26-20(25-17)24-14(10-22)11-27/h1-9,11,14H,10,22H2,(H2,23,28)(H,24,25,26). The summed E-state index contributed by atoms with van der Waals surface area (Å²) < 4.78 is 18.6. The van der Waals surface area contributed by atoms with Gasteiger partial charge >= 0.3 is 0 Å². The molecule has 1 amide bonds. The van der Waals surface area contributed by atoms with Gasteiger partial charge in [-0.1, -0.05) is 0 Å². The van der Waals surface area contributed by atoms with Gasteiger partial charge in [0, 0.05) is 12.1 Å². The molecule has 1 aromatic heterocycles. The first-order chi connectivity index (χ1) is 14.0. The van der Waals surface area contributed by atoms with Crippen LogP contribution in [-0.2, 0) is 4.79 Å². The van der Waals surface area contributed by atoms with E-state index in [0.717, 1.165) is 0 Å². The van der Waals surface area contributed by atoms with Crippen molar-refractivity contribution in [1.82, 2.24) is 9.97 Å². The highest BCUT2D eigenvalue weighted by Crippen LogP contribution is 2.26. The second-order valence-electron chi connectivity index (χ2n) is 6.03. The summed E-state index contributed by atoms with van der Waals surface area (Å²) in [4.78, 5) is 30.9. The Bertz CT molecular complexity index is 1010. The van der Waals surface area contributed by atoms with E-state index in [1.54, 1.807) is 24.3 Å². The van der Waals surface area contributed by atoms with Crippen molar-refractivity contribution in [3.05, 3.63) is 66.1 Å². The van der Waals surface area contributed by atoms with Gasteiger partial charge in [0.2, 0.25) is 5.95 Å². The molecule has 148 valence electrons. The van der Waals surface area contributed by atoms with E-state index in [0.29, 0.717) is 29.0 Å². The molecule has 8 nitrogen and oxygen atoms in total. The van der Waals surface area contributed by atoms with Crippen molar-refractivity contribution in [1.29, 1.82) is 0 Å². The lowest BCUT2D eigenvalue weighted by Gasteiger charge is -2.12. The van der Waals surface area contributed by atoms with Crippen molar-refractivity contribution in [2.75, 3.05) is 11.9 Å². The summed E-state index contributed by atoms with van der Waals surface area (Å²) >= 11 is 0. The molecule has 0 saturated heterocycles. The van der Waals surface area contributed by atoms with Crippen LogP contribution in [0.2, 0.25) is 0 Å². The van der Waals surface area contributed by atoms with Gasteiger partial charge in [0.15, 0.2) is 0 Å². The monoisotopic (exact) mass is 395 g/mol. The molecule has 0 saturated carbocycles. The number of halogens is 1. The first-order valence-electron chi connectivity index (χ1n) is 8.63. The quantitative estimate of drug-likeness (QED) is 0.497. The highest BCUT2D eigenvalue weighted by atomic mass is 19.1. The third-order valence-corrected chi connectivity index (χ3v) is 3.91. The molecule has 3 aromatic rings. The van der Waals surface area contributed by atoms with Gasteiger partial charge in [0.05, 0.1) is 11.7 Å². The minimum absolute atomic E-state index is 0.00851. The van der Waals surface area contributed by atoms with Crippen LogP contribution >= 0.6 is 0 Å². The molecule has 1 unspecified atom stereocenters. The summed E-state index contributed by atoms with van der Waals surface area (Å²) in [6.07, 6.45) is 0.627. The van der Waals surface area contributed by atoms with Gasteiger partial charge in [-0.05, 0) is 54.6 Å². The lowest BCUT2D eigenvalue weighted by molar-refractivity contribution is -0.108. The van der Waals surface area contributed by atoms with Crippen molar-refractivity contribution < 1.29 is 18.7 Å². The Hall–Kier alpha value is -3.85. The van der Waals surface area contributed by atoms with E-state index in [2.05, 4.69) is 15.3 Å². The van der Waals surface area contributed by atoms with Crippen molar-refractivity contribution in [3.8, 4) is 22.8 Å². The van der Waals surface area contributed by atoms with Gasteiger partial charge in [-0.25, -0.2) is 14.4 Å². The van der Waals surface area contributed by atoms with E-state index in [-0.39, 0.29) is 24.0 Å². The molecule has 0 fully saturated rings. The van der Waals surface area contributed by atoms with E-state index < -0.39 is 11.9 Å². The van der Waals surface area contributed by atoms with E-state index in [1.165, 1.54) is 30.3 Å². The van der Waals surface area contributed by atoms with Crippen LogP contribution in [0.15, 0.2) is 54.6 Å². The molecule has 9 heteroatoms. The Kier molecular flexibility index (Phi) is 6.10. The number of carbonyl (C=O) groups excluding carboxylic acids is 2. The van der Waals surface area contributed by atoms with Gasteiger partial charge in [-0.2, -0.15) is 0 Å². The minimum Gasteiger partial charge on any atom is -0.457 e. The number of benzene rings is 2. The largest absolute Gasteiger partial charge is 0.457 e. The highest BCUT2D eigenvalue weighted by molar-refractivity contribution is 5.92. The average Bonchev–Trinajstić information content (AvgIpc) is 2.74. The number of aldehydes is 1. The average molecular weight is 395 g/mol. The lowest BCUT2D eigenvalue weighted by Crippen LogP contribution is -2.31. The normalized spacial score (nSPS) is 11.5. The Morgan fingerprint density at radius 1 is 1.10 bits per heavy atom. The third kappa shape index (κ3) is 5.11. The Morgan fingerprint density at radius 2 is 1.72 bits per heavy atom. The molecule has 5 N–H and O–H groups in total. The van der Waals surface area contributed by atoms with Crippen molar-refractivity contribution in [3.63, 3.8) is 0 Å². The fourth-order valence-electron chi connectivity index (χ4n) is 2.43. The zero-order valence-electron chi connectivity index (χ0n) is 15.2. The predicted octanol–water partition coefficient (Wildman–Crippen LogP) is 2.11. The number of nitrogens with one attached hydrogen (secondary N) is 1. The molecule has 0 aliphatic carbocycles. The maximum atomic E-state index is 13.0. The van der Waals surface area contributed by atoms with Crippen molar-refractivity contribution in [2.24, 2.45) is 11.5 Å². The number of rotatable bonds is 8. The number of ether oxygens (including phenoxy) is 1. The maximum absolute atomic E-state index is 13.0. The zero-order valence-corrected chi connectivity index (χ0v) is 15.2. The van der Waals surface area contributed by atoms with Gasteiger partial charge in [0.25, 0.3) is 5.91 Å². The SMILES string of the molecule is NCC(C=O)Nc1nc(C(N)=O)cc(-c2ccc(Oc3ccc(F)cc3)cc2)n1.